The molecule has 0 saturated carbocycles. The lowest BCUT2D eigenvalue weighted by Crippen LogP contribution is -2.42. The second kappa shape index (κ2) is 7.87. The molecule has 5 nitrogen and oxygen atoms in total. The van der Waals surface area contributed by atoms with Crippen LogP contribution in [0.2, 0.25) is 0 Å². The van der Waals surface area contributed by atoms with Crippen molar-refractivity contribution in [3.05, 3.63) is 29.8 Å². The van der Waals surface area contributed by atoms with E-state index in [4.69, 9.17) is 0 Å². The molecule has 25 heavy (non-hydrogen) atoms. The van der Waals surface area contributed by atoms with Crippen LogP contribution in [0.4, 0.5) is 0 Å². The Labute approximate surface area is 151 Å². The van der Waals surface area contributed by atoms with Crippen molar-refractivity contribution in [1.82, 2.24) is 9.21 Å². The molecule has 0 aliphatic carbocycles. The predicted molar refractivity (Wildman–Crippen MR) is 98.0 cm³/mol. The van der Waals surface area contributed by atoms with Gasteiger partial charge in [-0.3, -0.25) is 4.79 Å². The van der Waals surface area contributed by atoms with E-state index in [9.17, 15) is 13.2 Å². The molecule has 2 saturated heterocycles. The largest absolute Gasteiger partial charge is 0.336 e. The third-order valence-corrected chi connectivity index (χ3v) is 7.28. The highest BCUT2D eigenvalue weighted by atomic mass is 32.2. The van der Waals surface area contributed by atoms with Crippen LogP contribution in [-0.4, -0.2) is 49.2 Å². The van der Waals surface area contributed by atoms with Gasteiger partial charge in [0, 0.05) is 31.2 Å². The molecule has 0 spiro atoms. The Balaban J connectivity index is 1.76. The minimum absolute atomic E-state index is 0.00548. The van der Waals surface area contributed by atoms with E-state index in [0.717, 1.165) is 51.5 Å². The summed E-state index contributed by atoms with van der Waals surface area (Å²) in [5.41, 5.74) is 0.573. The first kappa shape index (κ1) is 18.4. The number of rotatable bonds is 3. The quantitative estimate of drug-likeness (QED) is 0.827. The highest BCUT2D eigenvalue weighted by molar-refractivity contribution is 7.89. The van der Waals surface area contributed by atoms with Crippen LogP contribution in [0, 0.1) is 0 Å². The van der Waals surface area contributed by atoms with E-state index in [1.54, 1.807) is 28.6 Å². The predicted octanol–water partition coefficient (Wildman–Crippen LogP) is 3.27. The summed E-state index contributed by atoms with van der Waals surface area (Å²) in [6.07, 6.45) is 7.26. The molecule has 0 bridgehead atoms. The summed E-state index contributed by atoms with van der Waals surface area (Å²) in [5.74, 6) is 0.00548. The molecule has 2 aliphatic heterocycles. The van der Waals surface area contributed by atoms with Crippen molar-refractivity contribution in [1.29, 1.82) is 0 Å². The maximum atomic E-state index is 12.8. The van der Waals surface area contributed by atoms with Crippen molar-refractivity contribution >= 4 is 15.9 Å². The molecule has 138 valence electrons. The average Bonchev–Trinajstić information content (AvgIpc) is 2.92. The molecule has 3 rings (SSSR count). The van der Waals surface area contributed by atoms with Crippen LogP contribution in [0.1, 0.15) is 62.2 Å². The number of carbonyl (C=O) groups is 1. The first-order valence-electron chi connectivity index (χ1n) is 9.41. The Hall–Kier alpha value is -1.40. The highest BCUT2D eigenvalue weighted by Gasteiger charge is 2.27. The number of hydrogen-bond donors (Lipinski definition) is 0. The van der Waals surface area contributed by atoms with Gasteiger partial charge in [0.15, 0.2) is 0 Å². The van der Waals surface area contributed by atoms with Crippen molar-refractivity contribution < 1.29 is 13.2 Å². The Morgan fingerprint density at radius 1 is 0.920 bits per heavy atom. The molecule has 0 unspecified atom stereocenters. The zero-order valence-electron chi connectivity index (χ0n) is 15.0. The number of likely N-dealkylation sites (tertiary alicyclic amines) is 1. The Kier molecular flexibility index (Phi) is 5.79. The van der Waals surface area contributed by atoms with Crippen LogP contribution in [0.5, 0.6) is 0 Å². The molecule has 2 heterocycles. The minimum atomic E-state index is -3.46. The fourth-order valence-corrected chi connectivity index (χ4v) is 5.28. The van der Waals surface area contributed by atoms with Gasteiger partial charge in [0.05, 0.1) is 4.90 Å². The molecule has 0 N–H and O–H groups in total. The lowest BCUT2D eigenvalue weighted by Gasteiger charge is -2.33. The summed E-state index contributed by atoms with van der Waals surface area (Å²) in [6, 6.07) is 6.74. The second-order valence-corrected chi connectivity index (χ2v) is 9.12. The smallest absolute Gasteiger partial charge is 0.254 e. The summed E-state index contributed by atoms with van der Waals surface area (Å²) in [4.78, 5) is 14.9. The minimum Gasteiger partial charge on any atom is -0.336 e. The summed E-state index contributed by atoms with van der Waals surface area (Å²) in [6.45, 7) is 4.05. The molecular formula is C19H28N2O3S. The van der Waals surface area contributed by atoms with E-state index in [2.05, 4.69) is 6.92 Å². The summed E-state index contributed by atoms with van der Waals surface area (Å²) >= 11 is 0. The standard InChI is InChI=1S/C19H28N2O3S/c1-16-8-4-7-15-21(16)19(22)17-9-11-18(12-10-17)25(23,24)20-13-5-2-3-6-14-20/h9-12,16H,2-8,13-15H2,1H3/t16-/m0/s1. The topological polar surface area (TPSA) is 57.7 Å². The van der Waals surface area contributed by atoms with Crippen molar-refractivity contribution in [3.8, 4) is 0 Å². The van der Waals surface area contributed by atoms with Crippen LogP contribution < -0.4 is 0 Å². The van der Waals surface area contributed by atoms with Gasteiger partial charge in [0.2, 0.25) is 10.0 Å². The number of nitrogens with zero attached hydrogens (tertiary/aromatic N) is 2. The molecule has 2 aliphatic rings. The van der Waals surface area contributed by atoms with E-state index in [-0.39, 0.29) is 16.8 Å². The second-order valence-electron chi connectivity index (χ2n) is 7.19. The summed E-state index contributed by atoms with van der Waals surface area (Å²) < 4.78 is 27.2. The van der Waals surface area contributed by atoms with Crippen LogP contribution >= 0.6 is 0 Å². The van der Waals surface area contributed by atoms with Gasteiger partial charge in [-0.25, -0.2) is 8.42 Å². The third-order valence-electron chi connectivity index (χ3n) is 5.37. The Bertz CT molecular complexity index is 692. The fourth-order valence-electron chi connectivity index (χ4n) is 3.77. The number of sulfonamides is 1. The summed E-state index contributed by atoms with van der Waals surface area (Å²) in [7, 11) is -3.46. The number of amides is 1. The van der Waals surface area contributed by atoms with E-state index in [0.29, 0.717) is 18.7 Å². The SMILES string of the molecule is C[C@H]1CCCCN1C(=O)c1ccc(S(=O)(=O)N2CCCCCC2)cc1. The van der Waals surface area contributed by atoms with Gasteiger partial charge < -0.3 is 4.90 Å². The highest BCUT2D eigenvalue weighted by Crippen LogP contribution is 2.23. The van der Waals surface area contributed by atoms with Gasteiger partial charge in [0.1, 0.15) is 0 Å². The van der Waals surface area contributed by atoms with Gasteiger partial charge in [-0.15, -0.1) is 0 Å². The van der Waals surface area contributed by atoms with Crippen LogP contribution in [-0.2, 0) is 10.0 Å². The monoisotopic (exact) mass is 364 g/mol. The van der Waals surface area contributed by atoms with Crippen LogP contribution in [0.15, 0.2) is 29.2 Å². The maximum absolute atomic E-state index is 12.8. The lowest BCUT2D eigenvalue weighted by atomic mass is 10.0. The first-order valence-corrected chi connectivity index (χ1v) is 10.9. The molecule has 1 amide bonds. The van der Waals surface area contributed by atoms with Crippen LogP contribution in [0.3, 0.4) is 0 Å². The Morgan fingerprint density at radius 3 is 2.12 bits per heavy atom. The molecule has 0 radical (unpaired) electrons. The average molecular weight is 365 g/mol. The van der Waals surface area contributed by atoms with Crippen LogP contribution in [0.25, 0.3) is 0 Å². The number of hydrogen-bond acceptors (Lipinski definition) is 3. The van der Waals surface area contributed by atoms with Gasteiger partial charge in [-0.05, 0) is 63.3 Å². The molecule has 0 aromatic heterocycles. The van der Waals surface area contributed by atoms with Crippen molar-refractivity contribution in [3.63, 3.8) is 0 Å². The van der Waals surface area contributed by atoms with E-state index >= 15 is 0 Å². The lowest BCUT2D eigenvalue weighted by molar-refractivity contribution is 0.0635. The molecular weight excluding hydrogens is 336 g/mol. The van der Waals surface area contributed by atoms with Gasteiger partial charge >= 0.3 is 0 Å². The van der Waals surface area contributed by atoms with Gasteiger partial charge in [-0.1, -0.05) is 12.8 Å². The maximum Gasteiger partial charge on any atom is 0.254 e. The number of piperidine rings is 1. The van der Waals surface area contributed by atoms with E-state index in [1.165, 1.54) is 0 Å². The zero-order valence-corrected chi connectivity index (χ0v) is 15.8. The van der Waals surface area contributed by atoms with Crippen molar-refractivity contribution in [2.45, 2.75) is 62.8 Å². The molecule has 2 fully saturated rings. The normalized spacial score (nSPS) is 23.2. The Morgan fingerprint density at radius 2 is 1.52 bits per heavy atom. The van der Waals surface area contributed by atoms with Gasteiger partial charge in [0.25, 0.3) is 5.91 Å². The van der Waals surface area contributed by atoms with E-state index < -0.39 is 10.0 Å². The molecule has 1 atom stereocenters. The fraction of sp³-hybridized carbons (Fsp3) is 0.632. The third kappa shape index (κ3) is 4.06. The zero-order chi connectivity index (χ0) is 17.9. The van der Waals surface area contributed by atoms with E-state index in [1.807, 2.05) is 4.90 Å². The summed E-state index contributed by atoms with van der Waals surface area (Å²) in [5, 5.41) is 0. The molecule has 1 aromatic rings. The number of carbonyl (C=O) groups excluding carboxylic acids is 1. The number of benzene rings is 1. The van der Waals surface area contributed by atoms with Gasteiger partial charge in [-0.2, -0.15) is 4.31 Å². The molecule has 6 heteroatoms. The van der Waals surface area contributed by atoms with Crippen molar-refractivity contribution in [2.75, 3.05) is 19.6 Å². The van der Waals surface area contributed by atoms with Crippen molar-refractivity contribution in [2.24, 2.45) is 0 Å². The molecule has 1 aromatic carbocycles. The first-order chi connectivity index (χ1) is 12.0.